The number of hydrogen-bond donors (Lipinski definition) is 1. The van der Waals surface area contributed by atoms with E-state index in [1.807, 2.05) is 4.90 Å². The zero-order valence-electron chi connectivity index (χ0n) is 20.6. The van der Waals surface area contributed by atoms with E-state index < -0.39 is 0 Å². The lowest BCUT2D eigenvalue weighted by Crippen LogP contribution is -2.49. The fourth-order valence-corrected chi connectivity index (χ4v) is 4.89. The highest BCUT2D eigenvalue weighted by atomic mass is 16.5. The summed E-state index contributed by atoms with van der Waals surface area (Å²) in [7, 11) is 1.74. The van der Waals surface area contributed by atoms with E-state index >= 15 is 0 Å². The van der Waals surface area contributed by atoms with Crippen molar-refractivity contribution in [3.8, 4) is 0 Å². The molecule has 5 rings (SSSR count). The second kappa shape index (κ2) is 11.3. The Hall–Kier alpha value is -2.74. The number of nitrogens with one attached hydrogen (secondary N) is 1. The van der Waals surface area contributed by atoms with Gasteiger partial charge in [-0.3, -0.25) is 9.48 Å². The van der Waals surface area contributed by atoms with E-state index in [-0.39, 0.29) is 12.0 Å². The number of fused-ring (bicyclic) bond motifs is 1. The third-order valence-electron chi connectivity index (χ3n) is 6.93. The average Bonchev–Trinajstić information content (AvgIpc) is 3.69. The Morgan fingerprint density at radius 3 is 2.77 bits per heavy atom. The zero-order chi connectivity index (χ0) is 24.0. The Morgan fingerprint density at radius 1 is 1.17 bits per heavy atom. The summed E-state index contributed by atoms with van der Waals surface area (Å²) in [5, 5.41) is 9.49. The van der Waals surface area contributed by atoms with Gasteiger partial charge in [-0.1, -0.05) is 42.5 Å². The zero-order valence-corrected chi connectivity index (χ0v) is 20.6. The van der Waals surface area contributed by atoms with Crippen LogP contribution in [0.4, 0.5) is 0 Å². The van der Waals surface area contributed by atoms with Crippen LogP contribution in [0.1, 0.15) is 36.1 Å². The smallest absolute Gasteiger partial charge is 0.253 e. The van der Waals surface area contributed by atoms with E-state index in [1.54, 1.807) is 7.11 Å². The third kappa shape index (κ3) is 5.92. The lowest BCUT2D eigenvalue weighted by Gasteiger charge is -2.30. The van der Waals surface area contributed by atoms with Gasteiger partial charge in [0.25, 0.3) is 5.91 Å². The molecule has 2 aliphatic rings. The quantitative estimate of drug-likeness (QED) is 0.430. The van der Waals surface area contributed by atoms with Gasteiger partial charge in [-0.05, 0) is 49.3 Å². The van der Waals surface area contributed by atoms with Gasteiger partial charge in [0.15, 0.2) is 0 Å². The Balaban J connectivity index is 1.37. The second-order valence-electron chi connectivity index (χ2n) is 9.61. The fraction of sp³-hybridized carbons (Fsp3) is 0.500. The van der Waals surface area contributed by atoms with Crippen LogP contribution < -0.4 is 5.32 Å². The van der Waals surface area contributed by atoms with Crippen molar-refractivity contribution in [2.45, 2.75) is 57.3 Å². The summed E-state index contributed by atoms with van der Waals surface area (Å²) < 4.78 is 13.2. The van der Waals surface area contributed by atoms with E-state index in [9.17, 15) is 4.79 Å². The number of nitrogens with zero attached hydrogens (tertiary/aromatic N) is 3. The van der Waals surface area contributed by atoms with Crippen molar-refractivity contribution in [1.82, 2.24) is 20.0 Å². The van der Waals surface area contributed by atoms with Crippen LogP contribution in [-0.2, 0) is 40.2 Å². The largest absolute Gasteiger partial charge is 0.385 e. The number of hydrogen-bond acceptors (Lipinski definition) is 5. The Labute approximate surface area is 207 Å². The maximum atomic E-state index is 13.2. The number of methoxy groups -OCH3 is 1. The van der Waals surface area contributed by atoms with Crippen molar-refractivity contribution in [2.24, 2.45) is 0 Å². The van der Waals surface area contributed by atoms with Gasteiger partial charge in [0, 0.05) is 51.3 Å². The molecule has 7 heteroatoms. The first-order valence-electron chi connectivity index (χ1n) is 12.9. The molecule has 2 aromatic carbocycles. The second-order valence-corrected chi connectivity index (χ2v) is 9.61. The van der Waals surface area contributed by atoms with E-state index in [4.69, 9.17) is 14.6 Å². The molecule has 1 aliphatic heterocycles. The van der Waals surface area contributed by atoms with Crippen LogP contribution in [-0.4, -0.2) is 66.1 Å². The Morgan fingerprint density at radius 2 is 2.03 bits per heavy atom. The van der Waals surface area contributed by atoms with Crippen LogP contribution in [0, 0.1) is 0 Å². The van der Waals surface area contributed by atoms with Crippen LogP contribution in [0.25, 0.3) is 10.9 Å². The average molecular weight is 477 g/mol. The molecule has 1 atom stereocenters. The monoisotopic (exact) mass is 476 g/mol. The number of benzene rings is 2. The molecule has 1 saturated carbocycles. The lowest BCUT2D eigenvalue weighted by molar-refractivity contribution is -0.146. The molecule has 1 amide bonds. The highest BCUT2D eigenvalue weighted by molar-refractivity contribution is 5.84. The number of ether oxygens (including phenoxy) is 2. The molecule has 2 fully saturated rings. The first kappa shape index (κ1) is 24.0. The SMILES string of the molecule is COCCCn1nc(CCc2ccccc2)c2ccc(CN(C(=O)[C@H]3CNCCO3)C3CC3)cc21. The number of aryl methyl sites for hydroxylation is 3. The maximum Gasteiger partial charge on any atom is 0.253 e. The standard InChI is InChI=1S/C28H36N4O3/c1-34-16-5-15-32-26-18-22(20-31(23-10-11-23)28(33)27-19-29-14-17-35-27)8-12-24(26)25(30-32)13-9-21-6-3-2-4-7-21/h2-4,6-8,12,18,23,27,29H,5,9-11,13-17,19-20H2,1H3/t27-/m1/s1. The van der Waals surface area contributed by atoms with Gasteiger partial charge in [0.05, 0.1) is 17.8 Å². The molecule has 3 aromatic rings. The van der Waals surface area contributed by atoms with Gasteiger partial charge < -0.3 is 19.7 Å². The number of amides is 1. The van der Waals surface area contributed by atoms with Gasteiger partial charge in [-0.2, -0.15) is 5.10 Å². The molecule has 1 aliphatic carbocycles. The molecule has 1 aromatic heterocycles. The summed E-state index contributed by atoms with van der Waals surface area (Å²) in [6.07, 6.45) is 4.55. The predicted octanol–water partition coefficient (Wildman–Crippen LogP) is 3.34. The molecular formula is C28H36N4O3. The molecule has 0 bridgehead atoms. The molecule has 2 heterocycles. The summed E-state index contributed by atoms with van der Waals surface area (Å²) in [5.41, 5.74) is 4.73. The van der Waals surface area contributed by atoms with Crippen molar-refractivity contribution in [3.05, 3.63) is 65.4 Å². The van der Waals surface area contributed by atoms with Gasteiger partial charge >= 0.3 is 0 Å². The minimum atomic E-state index is -0.378. The molecule has 7 nitrogen and oxygen atoms in total. The Bertz CT molecular complexity index is 1120. The summed E-state index contributed by atoms with van der Waals surface area (Å²) in [5.74, 6) is 0.108. The van der Waals surface area contributed by atoms with Crippen LogP contribution in [0.5, 0.6) is 0 Å². The lowest BCUT2D eigenvalue weighted by atomic mass is 10.0. The third-order valence-corrected chi connectivity index (χ3v) is 6.93. The Kier molecular flexibility index (Phi) is 7.76. The normalized spacial score (nSPS) is 18.1. The maximum absolute atomic E-state index is 13.2. The van der Waals surface area contributed by atoms with Crippen LogP contribution in [0.3, 0.4) is 0 Å². The van der Waals surface area contributed by atoms with Crippen molar-refractivity contribution in [2.75, 3.05) is 33.4 Å². The number of aromatic nitrogens is 2. The molecule has 186 valence electrons. The van der Waals surface area contributed by atoms with Crippen LogP contribution in [0.2, 0.25) is 0 Å². The molecule has 0 radical (unpaired) electrons. The number of carbonyl (C=O) groups is 1. The van der Waals surface area contributed by atoms with E-state index in [0.717, 1.165) is 62.0 Å². The highest BCUT2D eigenvalue weighted by Crippen LogP contribution is 2.30. The summed E-state index contributed by atoms with van der Waals surface area (Å²) in [6.45, 7) is 4.13. The fourth-order valence-electron chi connectivity index (χ4n) is 4.89. The topological polar surface area (TPSA) is 68.6 Å². The van der Waals surface area contributed by atoms with Gasteiger partial charge in [0.2, 0.25) is 0 Å². The van der Waals surface area contributed by atoms with Crippen LogP contribution in [0.15, 0.2) is 48.5 Å². The van der Waals surface area contributed by atoms with E-state index in [0.29, 0.717) is 32.3 Å². The number of morpholine rings is 1. The van der Waals surface area contributed by atoms with Gasteiger partial charge in [0.1, 0.15) is 6.10 Å². The first-order valence-corrected chi connectivity index (χ1v) is 12.9. The van der Waals surface area contributed by atoms with Gasteiger partial charge in [-0.15, -0.1) is 0 Å². The van der Waals surface area contributed by atoms with Crippen molar-refractivity contribution in [3.63, 3.8) is 0 Å². The van der Waals surface area contributed by atoms with Crippen LogP contribution >= 0.6 is 0 Å². The summed E-state index contributed by atoms with van der Waals surface area (Å²) in [4.78, 5) is 15.3. The first-order chi connectivity index (χ1) is 17.2. The molecule has 1 saturated heterocycles. The summed E-state index contributed by atoms with van der Waals surface area (Å²) >= 11 is 0. The highest BCUT2D eigenvalue weighted by Gasteiger charge is 2.36. The van der Waals surface area contributed by atoms with Gasteiger partial charge in [-0.25, -0.2) is 0 Å². The molecule has 0 spiro atoms. The van der Waals surface area contributed by atoms with Crippen molar-refractivity contribution < 1.29 is 14.3 Å². The number of rotatable bonds is 11. The minimum absolute atomic E-state index is 0.108. The predicted molar refractivity (Wildman–Crippen MR) is 136 cm³/mol. The van der Waals surface area contributed by atoms with Crippen molar-refractivity contribution >= 4 is 16.8 Å². The molecule has 1 N–H and O–H groups in total. The van der Waals surface area contributed by atoms with E-state index in [1.165, 1.54) is 10.9 Å². The summed E-state index contributed by atoms with van der Waals surface area (Å²) in [6, 6.07) is 17.5. The van der Waals surface area contributed by atoms with Crippen molar-refractivity contribution in [1.29, 1.82) is 0 Å². The van der Waals surface area contributed by atoms with E-state index in [2.05, 4.69) is 58.5 Å². The number of carbonyl (C=O) groups excluding carboxylic acids is 1. The molecule has 0 unspecified atom stereocenters. The minimum Gasteiger partial charge on any atom is -0.385 e. The molecular weight excluding hydrogens is 440 g/mol. The molecule has 35 heavy (non-hydrogen) atoms.